The molecule has 1 aromatic rings. The van der Waals surface area contributed by atoms with Crippen molar-refractivity contribution in [2.24, 2.45) is 0 Å². The Morgan fingerprint density at radius 3 is 2.78 bits per heavy atom. The zero-order valence-electron chi connectivity index (χ0n) is 10.9. The van der Waals surface area contributed by atoms with Crippen LogP contribution >= 0.6 is 0 Å². The molecule has 2 atom stereocenters. The second-order valence-electron chi connectivity index (χ2n) is 4.95. The minimum absolute atomic E-state index is 0.110. The smallest absolute Gasteiger partial charge is 0.122 e. The van der Waals surface area contributed by atoms with Gasteiger partial charge in [-0.2, -0.15) is 0 Å². The zero-order valence-corrected chi connectivity index (χ0v) is 10.9. The van der Waals surface area contributed by atoms with Crippen molar-refractivity contribution in [3.8, 4) is 5.75 Å². The number of aliphatic hydroxyl groups is 1. The van der Waals surface area contributed by atoms with Gasteiger partial charge in [0, 0.05) is 23.5 Å². The Morgan fingerprint density at radius 1 is 1.22 bits per heavy atom. The van der Waals surface area contributed by atoms with Crippen molar-refractivity contribution >= 4 is 11.4 Å². The summed E-state index contributed by atoms with van der Waals surface area (Å²) in [6.45, 7) is 0. The molecule has 0 spiro atoms. The molecule has 2 rings (SSSR count). The van der Waals surface area contributed by atoms with Crippen molar-refractivity contribution in [2.45, 2.75) is 44.2 Å². The Morgan fingerprint density at radius 2 is 2.00 bits per heavy atom. The summed E-state index contributed by atoms with van der Waals surface area (Å²) >= 11 is 0. The summed E-state index contributed by atoms with van der Waals surface area (Å²) in [5.41, 5.74) is 7.40. The quantitative estimate of drug-likeness (QED) is 0.569. The highest BCUT2D eigenvalue weighted by atomic mass is 16.5. The summed E-state index contributed by atoms with van der Waals surface area (Å²) < 4.78 is 5.19. The van der Waals surface area contributed by atoms with Gasteiger partial charge in [0.05, 0.1) is 19.3 Å². The Labute approximate surface area is 108 Å². The Balaban J connectivity index is 2.09. The van der Waals surface area contributed by atoms with Gasteiger partial charge in [-0.05, 0) is 18.9 Å². The number of nitrogens with two attached hydrogens (primary N) is 1. The van der Waals surface area contributed by atoms with Crippen LogP contribution in [0.4, 0.5) is 11.4 Å². The number of hydrogen-bond donors (Lipinski definition) is 3. The molecule has 1 aliphatic rings. The molecular weight excluding hydrogens is 228 g/mol. The van der Waals surface area contributed by atoms with E-state index in [1.54, 1.807) is 13.2 Å². The van der Waals surface area contributed by atoms with E-state index in [2.05, 4.69) is 5.32 Å². The van der Waals surface area contributed by atoms with E-state index in [1.165, 1.54) is 6.42 Å². The molecule has 0 bridgehead atoms. The number of hydrogen-bond acceptors (Lipinski definition) is 4. The number of aliphatic hydroxyl groups excluding tert-OH is 1. The van der Waals surface area contributed by atoms with E-state index in [0.29, 0.717) is 5.69 Å². The van der Waals surface area contributed by atoms with Crippen LogP contribution in [0.5, 0.6) is 5.75 Å². The summed E-state index contributed by atoms with van der Waals surface area (Å²) in [4.78, 5) is 0. The molecule has 1 aromatic carbocycles. The molecule has 1 fully saturated rings. The van der Waals surface area contributed by atoms with Crippen LogP contribution in [0.25, 0.3) is 0 Å². The van der Waals surface area contributed by atoms with E-state index in [0.717, 1.165) is 37.1 Å². The fraction of sp³-hybridized carbons (Fsp3) is 0.571. The zero-order chi connectivity index (χ0) is 13.0. The SMILES string of the molecule is COc1cc(N)cc(NC2CCCCCC2O)c1. The molecule has 0 radical (unpaired) electrons. The van der Waals surface area contributed by atoms with Crippen LogP contribution in [0.3, 0.4) is 0 Å². The lowest BCUT2D eigenvalue weighted by molar-refractivity contribution is 0.144. The normalized spacial score (nSPS) is 24.3. The van der Waals surface area contributed by atoms with Crippen LogP contribution in [-0.2, 0) is 0 Å². The summed E-state index contributed by atoms with van der Waals surface area (Å²) in [6, 6.07) is 5.68. The standard InChI is InChI=1S/C14H22N2O2/c1-18-12-8-10(15)7-11(9-12)16-13-5-3-2-4-6-14(13)17/h7-9,13-14,16-17H,2-6,15H2,1H3. The molecule has 4 nitrogen and oxygen atoms in total. The Hall–Kier alpha value is -1.42. The molecule has 2 unspecified atom stereocenters. The Kier molecular flexibility index (Phi) is 4.31. The minimum atomic E-state index is -0.278. The lowest BCUT2D eigenvalue weighted by atomic mass is 10.1. The van der Waals surface area contributed by atoms with E-state index in [1.807, 2.05) is 12.1 Å². The van der Waals surface area contributed by atoms with Crippen LogP contribution in [0, 0.1) is 0 Å². The highest BCUT2D eigenvalue weighted by molar-refractivity contribution is 5.59. The lowest BCUT2D eigenvalue weighted by Crippen LogP contribution is -2.32. The van der Waals surface area contributed by atoms with Gasteiger partial charge in [-0.3, -0.25) is 0 Å². The molecule has 1 aliphatic carbocycles. The van der Waals surface area contributed by atoms with Crippen LogP contribution in [-0.4, -0.2) is 24.4 Å². The maximum atomic E-state index is 10.1. The third kappa shape index (κ3) is 3.29. The number of nitrogen functional groups attached to an aromatic ring is 1. The average Bonchev–Trinajstić information content (AvgIpc) is 2.54. The average molecular weight is 250 g/mol. The molecule has 0 amide bonds. The molecular formula is C14H22N2O2. The molecule has 100 valence electrons. The molecule has 0 heterocycles. The molecule has 4 heteroatoms. The van der Waals surface area contributed by atoms with Gasteiger partial charge in [-0.15, -0.1) is 0 Å². The molecule has 0 saturated heterocycles. The highest BCUT2D eigenvalue weighted by Crippen LogP contribution is 2.26. The second kappa shape index (κ2) is 5.96. The second-order valence-corrected chi connectivity index (χ2v) is 4.95. The van der Waals surface area contributed by atoms with Gasteiger partial charge >= 0.3 is 0 Å². The number of nitrogens with one attached hydrogen (secondary N) is 1. The number of anilines is 2. The summed E-state index contributed by atoms with van der Waals surface area (Å²) in [5.74, 6) is 0.737. The molecule has 0 aromatic heterocycles. The molecule has 0 aliphatic heterocycles. The van der Waals surface area contributed by atoms with E-state index < -0.39 is 0 Å². The fourth-order valence-corrected chi connectivity index (χ4v) is 2.49. The van der Waals surface area contributed by atoms with Gasteiger partial charge in [0.15, 0.2) is 0 Å². The predicted molar refractivity (Wildman–Crippen MR) is 73.9 cm³/mol. The van der Waals surface area contributed by atoms with E-state index in [-0.39, 0.29) is 12.1 Å². The minimum Gasteiger partial charge on any atom is -0.497 e. The van der Waals surface area contributed by atoms with Crippen molar-refractivity contribution in [1.29, 1.82) is 0 Å². The first-order chi connectivity index (χ1) is 8.69. The van der Waals surface area contributed by atoms with Gasteiger partial charge in [0.25, 0.3) is 0 Å². The van der Waals surface area contributed by atoms with Gasteiger partial charge < -0.3 is 20.9 Å². The molecule has 18 heavy (non-hydrogen) atoms. The van der Waals surface area contributed by atoms with Crippen LogP contribution in [0.15, 0.2) is 18.2 Å². The topological polar surface area (TPSA) is 67.5 Å². The fourth-order valence-electron chi connectivity index (χ4n) is 2.49. The summed E-state index contributed by atoms with van der Waals surface area (Å²) in [7, 11) is 1.62. The van der Waals surface area contributed by atoms with Gasteiger partial charge in [0.2, 0.25) is 0 Å². The molecule has 4 N–H and O–H groups in total. The highest BCUT2D eigenvalue weighted by Gasteiger charge is 2.21. The van der Waals surface area contributed by atoms with Gasteiger partial charge in [-0.1, -0.05) is 19.3 Å². The van der Waals surface area contributed by atoms with Crippen molar-refractivity contribution in [3.05, 3.63) is 18.2 Å². The molecule has 1 saturated carbocycles. The Bertz CT molecular complexity index is 395. The summed E-state index contributed by atoms with van der Waals surface area (Å²) in [6.07, 6.45) is 5.07. The first-order valence-electron chi connectivity index (χ1n) is 6.58. The van der Waals surface area contributed by atoms with E-state index in [4.69, 9.17) is 10.5 Å². The van der Waals surface area contributed by atoms with Crippen LogP contribution < -0.4 is 15.8 Å². The monoisotopic (exact) mass is 250 g/mol. The predicted octanol–water partition coefficient (Wildman–Crippen LogP) is 2.38. The van der Waals surface area contributed by atoms with Crippen molar-refractivity contribution in [1.82, 2.24) is 0 Å². The number of rotatable bonds is 3. The van der Waals surface area contributed by atoms with E-state index >= 15 is 0 Å². The van der Waals surface area contributed by atoms with Crippen molar-refractivity contribution in [2.75, 3.05) is 18.2 Å². The maximum Gasteiger partial charge on any atom is 0.122 e. The first-order valence-corrected chi connectivity index (χ1v) is 6.58. The third-order valence-corrected chi connectivity index (χ3v) is 3.50. The van der Waals surface area contributed by atoms with Gasteiger partial charge in [0.1, 0.15) is 5.75 Å². The maximum absolute atomic E-state index is 10.1. The van der Waals surface area contributed by atoms with Crippen LogP contribution in [0.2, 0.25) is 0 Å². The largest absolute Gasteiger partial charge is 0.497 e. The number of methoxy groups -OCH3 is 1. The first kappa shape index (κ1) is 13.0. The van der Waals surface area contributed by atoms with Crippen LogP contribution in [0.1, 0.15) is 32.1 Å². The number of ether oxygens (including phenoxy) is 1. The third-order valence-electron chi connectivity index (χ3n) is 3.50. The lowest BCUT2D eigenvalue weighted by Gasteiger charge is -2.23. The van der Waals surface area contributed by atoms with Crippen molar-refractivity contribution in [3.63, 3.8) is 0 Å². The summed E-state index contributed by atoms with van der Waals surface area (Å²) in [5, 5.41) is 13.5. The van der Waals surface area contributed by atoms with E-state index in [9.17, 15) is 5.11 Å². The number of benzene rings is 1. The van der Waals surface area contributed by atoms with Gasteiger partial charge in [-0.25, -0.2) is 0 Å². The van der Waals surface area contributed by atoms with Crippen molar-refractivity contribution < 1.29 is 9.84 Å².